The van der Waals surface area contributed by atoms with E-state index in [1.165, 1.54) is 38.5 Å². The highest BCUT2D eigenvalue weighted by Crippen LogP contribution is 2.34. The molecule has 2 heterocycles. The lowest BCUT2D eigenvalue weighted by Crippen LogP contribution is -2.48. The molecule has 184 valence electrons. The van der Waals surface area contributed by atoms with Gasteiger partial charge in [0.05, 0.1) is 25.3 Å². The van der Waals surface area contributed by atoms with E-state index in [1.807, 2.05) is 4.90 Å². The van der Waals surface area contributed by atoms with Crippen molar-refractivity contribution in [1.29, 1.82) is 0 Å². The minimum atomic E-state index is -4.43. The first-order valence-electron chi connectivity index (χ1n) is 10.8. The highest BCUT2D eigenvalue weighted by atomic mass is 19.4. The Labute approximate surface area is 199 Å². The summed E-state index contributed by atoms with van der Waals surface area (Å²) in [5.74, 6) is 1.50. The molecule has 2 aromatic carbocycles. The van der Waals surface area contributed by atoms with Gasteiger partial charge in [-0.2, -0.15) is 18.2 Å². The number of amides is 1. The fraction of sp³-hybridized carbons (Fsp3) is 0.292. The number of nitrogens with two attached hydrogens (primary N) is 1. The number of piperazine rings is 1. The third-order valence-corrected chi connectivity index (χ3v) is 5.73. The number of carbonyl (C=O) groups excluding carboxylic acids is 1. The maximum Gasteiger partial charge on any atom is 0.416 e. The van der Waals surface area contributed by atoms with Crippen LogP contribution in [0.15, 0.2) is 42.5 Å². The molecule has 1 amide bonds. The molecule has 1 aliphatic heterocycles. The van der Waals surface area contributed by atoms with E-state index >= 15 is 0 Å². The van der Waals surface area contributed by atoms with Crippen LogP contribution in [0.5, 0.6) is 11.5 Å². The summed E-state index contributed by atoms with van der Waals surface area (Å²) in [7, 11) is 3.07. The third-order valence-electron chi connectivity index (χ3n) is 5.73. The predicted octanol–water partition coefficient (Wildman–Crippen LogP) is 3.61. The van der Waals surface area contributed by atoms with Crippen LogP contribution in [0.2, 0.25) is 0 Å². The van der Waals surface area contributed by atoms with Crippen molar-refractivity contribution in [2.45, 2.75) is 6.18 Å². The molecular formula is C24H24F3N5O3. The number of methoxy groups -OCH3 is 2. The number of halogens is 3. The zero-order chi connectivity index (χ0) is 25.2. The van der Waals surface area contributed by atoms with Crippen LogP contribution in [0.4, 0.5) is 24.9 Å². The topological polar surface area (TPSA) is 93.8 Å². The molecule has 1 aromatic heterocycles. The van der Waals surface area contributed by atoms with E-state index in [2.05, 4.69) is 9.97 Å². The van der Waals surface area contributed by atoms with E-state index in [-0.39, 0.29) is 5.91 Å². The number of benzene rings is 2. The summed E-state index contributed by atoms with van der Waals surface area (Å²) in [6, 6.07) is 8.28. The molecule has 0 aliphatic carbocycles. The van der Waals surface area contributed by atoms with Gasteiger partial charge in [-0.3, -0.25) is 4.79 Å². The zero-order valence-electron chi connectivity index (χ0n) is 19.2. The maximum absolute atomic E-state index is 12.9. The van der Waals surface area contributed by atoms with Crippen molar-refractivity contribution < 1.29 is 27.4 Å². The number of nitrogen functional groups attached to an aromatic ring is 1. The van der Waals surface area contributed by atoms with E-state index in [1.54, 1.807) is 17.0 Å². The van der Waals surface area contributed by atoms with Crippen molar-refractivity contribution in [2.75, 3.05) is 51.0 Å². The fourth-order valence-corrected chi connectivity index (χ4v) is 3.83. The summed E-state index contributed by atoms with van der Waals surface area (Å²) in [5, 5.41) is 0.639. The molecule has 0 saturated carbocycles. The van der Waals surface area contributed by atoms with E-state index < -0.39 is 11.7 Å². The minimum Gasteiger partial charge on any atom is -0.493 e. The quantitative estimate of drug-likeness (QED) is 0.550. The van der Waals surface area contributed by atoms with Crippen LogP contribution >= 0.6 is 0 Å². The molecule has 1 aliphatic rings. The minimum absolute atomic E-state index is 0.280. The Hall–Kier alpha value is -4.02. The van der Waals surface area contributed by atoms with Crippen LogP contribution < -0.4 is 20.1 Å². The highest BCUT2D eigenvalue weighted by molar-refractivity contribution is 5.93. The number of aromatic nitrogens is 2. The van der Waals surface area contributed by atoms with Crippen molar-refractivity contribution in [3.8, 4) is 11.5 Å². The number of nitrogens with zero attached hydrogens (tertiary/aromatic N) is 4. The summed E-state index contributed by atoms with van der Waals surface area (Å²) >= 11 is 0. The second kappa shape index (κ2) is 9.69. The van der Waals surface area contributed by atoms with Crippen LogP contribution in [0, 0.1) is 0 Å². The lowest BCUT2D eigenvalue weighted by atomic mass is 10.1. The maximum atomic E-state index is 12.9. The predicted molar refractivity (Wildman–Crippen MR) is 126 cm³/mol. The summed E-state index contributed by atoms with van der Waals surface area (Å²) in [6.45, 7) is 1.75. The summed E-state index contributed by atoms with van der Waals surface area (Å²) in [6.07, 6.45) is -1.76. The van der Waals surface area contributed by atoms with Crippen molar-refractivity contribution >= 4 is 34.7 Å². The molecule has 0 atom stereocenters. The summed E-state index contributed by atoms with van der Waals surface area (Å²) < 4.78 is 49.3. The molecular weight excluding hydrogens is 463 g/mol. The first-order chi connectivity index (χ1) is 16.7. The third kappa shape index (κ3) is 5.23. The Morgan fingerprint density at radius 2 is 1.71 bits per heavy atom. The number of hydrogen-bond acceptors (Lipinski definition) is 7. The largest absolute Gasteiger partial charge is 0.493 e. The van der Waals surface area contributed by atoms with Crippen LogP contribution in [-0.4, -0.2) is 61.2 Å². The second-order valence-electron chi connectivity index (χ2n) is 7.90. The van der Waals surface area contributed by atoms with Gasteiger partial charge >= 0.3 is 6.18 Å². The number of rotatable bonds is 5. The zero-order valence-corrected chi connectivity index (χ0v) is 19.2. The Morgan fingerprint density at radius 1 is 1.03 bits per heavy atom. The Morgan fingerprint density at radius 3 is 2.37 bits per heavy atom. The van der Waals surface area contributed by atoms with Gasteiger partial charge in [-0.25, -0.2) is 4.98 Å². The highest BCUT2D eigenvalue weighted by Gasteiger charge is 2.30. The molecule has 0 spiro atoms. The Kier molecular flexibility index (Phi) is 6.68. The smallest absolute Gasteiger partial charge is 0.416 e. The molecule has 4 rings (SSSR count). The fourth-order valence-electron chi connectivity index (χ4n) is 3.83. The molecule has 8 nitrogen and oxygen atoms in total. The number of fused-ring (bicyclic) bond motifs is 1. The van der Waals surface area contributed by atoms with Crippen molar-refractivity contribution in [1.82, 2.24) is 14.9 Å². The number of carbonyl (C=O) groups is 1. The van der Waals surface area contributed by atoms with Gasteiger partial charge in [0, 0.05) is 43.7 Å². The van der Waals surface area contributed by atoms with E-state index in [0.29, 0.717) is 65.9 Å². The molecule has 2 N–H and O–H groups in total. The molecule has 1 saturated heterocycles. The molecule has 0 radical (unpaired) electrons. The van der Waals surface area contributed by atoms with Gasteiger partial charge in [-0.15, -0.1) is 0 Å². The lowest BCUT2D eigenvalue weighted by molar-refractivity contribution is -0.137. The summed E-state index contributed by atoms with van der Waals surface area (Å²) in [4.78, 5) is 25.1. The monoisotopic (exact) mass is 487 g/mol. The van der Waals surface area contributed by atoms with Crippen LogP contribution in [0.25, 0.3) is 17.0 Å². The number of hydrogen-bond donors (Lipinski definition) is 1. The average molecular weight is 487 g/mol. The molecule has 0 unspecified atom stereocenters. The van der Waals surface area contributed by atoms with Gasteiger partial charge in [0.25, 0.3) is 0 Å². The van der Waals surface area contributed by atoms with E-state index in [0.717, 1.165) is 12.1 Å². The number of anilines is 2. The molecule has 0 bridgehead atoms. The van der Waals surface area contributed by atoms with Gasteiger partial charge in [-0.1, -0.05) is 12.1 Å². The van der Waals surface area contributed by atoms with Crippen LogP contribution in [-0.2, 0) is 11.0 Å². The van der Waals surface area contributed by atoms with Gasteiger partial charge in [0.15, 0.2) is 11.5 Å². The van der Waals surface area contributed by atoms with Gasteiger partial charge in [0.1, 0.15) is 5.82 Å². The summed E-state index contributed by atoms with van der Waals surface area (Å²) in [5.41, 5.74) is 6.32. The second-order valence-corrected chi connectivity index (χ2v) is 7.90. The van der Waals surface area contributed by atoms with Gasteiger partial charge in [0.2, 0.25) is 11.9 Å². The lowest BCUT2D eigenvalue weighted by Gasteiger charge is -2.34. The number of ether oxygens (including phenoxy) is 2. The van der Waals surface area contributed by atoms with E-state index in [4.69, 9.17) is 15.2 Å². The Balaban J connectivity index is 1.44. The van der Waals surface area contributed by atoms with Crippen molar-refractivity contribution in [2.24, 2.45) is 0 Å². The van der Waals surface area contributed by atoms with Gasteiger partial charge < -0.3 is 25.0 Å². The molecule has 1 fully saturated rings. The van der Waals surface area contributed by atoms with Crippen molar-refractivity contribution in [3.63, 3.8) is 0 Å². The molecule has 35 heavy (non-hydrogen) atoms. The molecule has 11 heteroatoms. The normalized spacial score (nSPS) is 14.5. The SMILES string of the molecule is COc1cc2nc(N3CCN(C(=O)/C=C/c4cccc(C(F)(F)F)c4)CC3)nc(N)c2cc1OC. The average Bonchev–Trinajstić information content (AvgIpc) is 2.86. The first kappa shape index (κ1) is 24.1. The van der Waals surface area contributed by atoms with Crippen LogP contribution in [0.3, 0.4) is 0 Å². The number of alkyl halides is 3. The van der Waals surface area contributed by atoms with Gasteiger partial charge in [-0.05, 0) is 29.8 Å². The van der Waals surface area contributed by atoms with Crippen molar-refractivity contribution in [3.05, 3.63) is 53.6 Å². The standard InChI is InChI=1S/C24H24F3N5O3/c1-34-19-13-17-18(14-20(19)35-2)29-23(30-22(17)28)32-10-8-31(9-11-32)21(33)7-6-15-4-3-5-16(12-15)24(25,26)27/h3-7,12-14H,8-11H2,1-2H3,(H2,28,29,30)/b7-6+. The molecule has 3 aromatic rings. The Bertz CT molecular complexity index is 1270. The van der Waals surface area contributed by atoms with E-state index in [9.17, 15) is 18.0 Å². The first-order valence-corrected chi connectivity index (χ1v) is 10.8. The van der Waals surface area contributed by atoms with Crippen LogP contribution in [0.1, 0.15) is 11.1 Å².